The molecule has 0 spiro atoms. The van der Waals surface area contributed by atoms with Gasteiger partial charge >= 0.3 is 6.09 Å². The summed E-state index contributed by atoms with van der Waals surface area (Å²) in [5.41, 5.74) is 0.749. The molecule has 5 nitrogen and oxygen atoms in total. The van der Waals surface area contributed by atoms with Gasteiger partial charge in [-0.1, -0.05) is 30.3 Å². The first-order chi connectivity index (χ1) is 11.8. The minimum atomic E-state index is -0.482. The maximum Gasteiger partial charge on any atom is 0.410 e. The summed E-state index contributed by atoms with van der Waals surface area (Å²) in [6, 6.07) is 10.7. The summed E-state index contributed by atoms with van der Waals surface area (Å²) in [7, 11) is 0. The van der Waals surface area contributed by atoms with Crippen molar-refractivity contribution in [3.63, 3.8) is 0 Å². The van der Waals surface area contributed by atoms with Gasteiger partial charge in [-0.3, -0.25) is 0 Å². The van der Waals surface area contributed by atoms with E-state index >= 15 is 0 Å². The molecule has 1 aromatic rings. The second-order valence-electron chi connectivity index (χ2n) is 8.52. The first kappa shape index (κ1) is 18.2. The molecule has 2 fully saturated rings. The number of nitrogens with one attached hydrogen (secondary N) is 1. The fourth-order valence-electron chi connectivity index (χ4n) is 3.61. The number of carbonyl (C=O) groups excluding carboxylic acids is 1. The number of rotatable bonds is 3. The number of likely N-dealkylation sites (tertiary alicyclic amines) is 1. The van der Waals surface area contributed by atoms with Gasteiger partial charge in [-0.25, -0.2) is 4.79 Å². The topological polar surface area (TPSA) is 50.8 Å². The van der Waals surface area contributed by atoms with Gasteiger partial charge in [-0.2, -0.15) is 0 Å². The monoisotopic (exact) mass is 346 g/mol. The van der Waals surface area contributed by atoms with E-state index in [1.165, 1.54) is 0 Å². The first-order valence-corrected chi connectivity index (χ1v) is 9.16. The highest BCUT2D eigenvalue weighted by molar-refractivity contribution is 5.69. The Bertz CT molecular complexity index is 593. The van der Waals surface area contributed by atoms with Crippen molar-refractivity contribution >= 4 is 6.09 Å². The van der Waals surface area contributed by atoms with Gasteiger partial charge < -0.3 is 19.7 Å². The van der Waals surface area contributed by atoms with Gasteiger partial charge in [0.1, 0.15) is 5.60 Å². The molecule has 3 rings (SSSR count). The van der Waals surface area contributed by atoms with Crippen molar-refractivity contribution in [1.82, 2.24) is 10.2 Å². The number of carbonyl (C=O) groups is 1. The summed E-state index contributed by atoms with van der Waals surface area (Å²) in [6.07, 6.45) is 1.59. The number of benzene rings is 1. The number of amides is 1. The van der Waals surface area contributed by atoms with Crippen molar-refractivity contribution in [1.29, 1.82) is 0 Å². The van der Waals surface area contributed by atoms with E-state index in [2.05, 4.69) is 24.4 Å². The van der Waals surface area contributed by atoms with E-state index in [1.54, 1.807) is 0 Å². The Labute approximate surface area is 150 Å². The largest absolute Gasteiger partial charge is 0.444 e. The van der Waals surface area contributed by atoms with E-state index in [0.717, 1.165) is 31.6 Å². The maximum atomic E-state index is 12.7. The lowest BCUT2D eigenvalue weighted by Gasteiger charge is -2.46. The lowest BCUT2D eigenvalue weighted by molar-refractivity contribution is -0.0743. The Hall–Kier alpha value is -1.59. The average Bonchev–Trinajstić information content (AvgIpc) is 2.52. The molecule has 0 saturated carbocycles. The van der Waals surface area contributed by atoms with Crippen molar-refractivity contribution in [3.8, 4) is 0 Å². The zero-order valence-corrected chi connectivity index (χ0v) is 15.7. The van der Waals surface area contributed by atoms with Crippen molar-refractivity contribution < 1.29 is 14.3 Å². The van der Waals surface area contributed by atoms with Gasteiger partial charge in [-0.05, 0) is 46.1 Å². The van der Waals surface area contributed by atoms with Crippen molar-refractivity contribution in [2.24, 2.45) is 0 Å². The molecule has 2 heterocycles. The van der Waals surface area contributed by atoms with Crippen LogP contribution in [-0.2, 0) is 9.47 Å². The Kier molecular flexibility index (Phi) is 5.07. The molecule has 0 radical (unpaired) electrons. The van der Waals surface area contributed by atoms with Crippen LogP contribution >= 0.6 is 0 Å². The number of nitrogens with zero attached hydrogens (tertiary/aromatic N) is 1. The van der Waals surface area contributed by atoms with Crippen LogP contribution in [0.1, 0.15) is 52.1 Å². The van der Waals surface area contributed by atoms with Gasteiger partial charge in [0.05, 0.1) is 24.8 Å². The van der Waals surface area contributed by atoms with E-state index in [-0.39, 0.29) is 17.7 Å². The first-order valence-electron chi connectivity index (χ1n) is 9.16. The van der Waals surface area contributed by atoms with Gasteiger partial charge in [0.15, 0.2) is 0 Å². The van der Waals surface area contributed by atoms with E-state index in [0.29, 0.717) is 12.6 Å². The minimum Gasteiger partial charge on any atom is -0.444 e. The molecule has 2 aliphatic heterocycles. The SMILES string of the molecule is CC1(NC2CCN(C(=O)OC(C)(C)C)[C@H](c3ccccc3)C2)COC1. The van der Waals surface area contributed by atoms with Crippen LogP contribution < -0.4 is 5.32 Å². The lowest BCUT2D eigenvalue weighted by Crippen LogP contribution is -2.62. The smallest absolute Gasteiger partial charge is 0.410 e. The highest BCUT2D eigenvalue weighted by atomic mass is 16.6. The predicted octanol–water partition coefficient (Wildman–Crippen LogP) is 3.51. The quantitative estimate of drug-likeness (QED) is 0.910. The molecular weight excluding hydrogens is 316 g/mol. The van der Waals surface area contributed by atoms with Crippen LogP contribution in [0, 0.1) is 0 Å². The summed E-state index contributed by atoms with van der Waals surface area (Å²) < 4.78 is 11.0. The Balaban J connectivity index is 1.75. The van der Waals surface area contributed by atoms with E-state index in [1.807, 2.05) is 43.9 Å². The van der Waals surface area contributed by atoms with Crippen molar-refractivity contribution in [2.75, 3.05) is 19.8 Å². The molecule has 2 aliphatic rings. The minimum absolute atomic E-state index is 0.0342. The molecule has 0 aliphatic carbocycles. The molecule has 5 heteroatoms. The molecule has 0 aromatic heterocycles. The fourth-order valence-corrected chi connectivity index (χ4v) is 3.61. The van der Waals surface area contributed by atoms with Gasteiger partial charge in [0.2, 0.25) is 0 Å². The highest BCUT2D eigenvalue weighted by Crippen LogP contribution is 2.33. The van der Waals surface area contributed by atoms with Crippen LogP contribution in [-0.4, -0.2) is 47.9 Å². The molecule has 1 unspecified atom stereocenters. The second kappa shape index (κ2) is 6.96. The second-order valence-corrected chi connectivity index (χ2v) is 8.52. The van der Waals surface area contributed by atoms with Gasteiger partial charge in [0.25, 0.3) is 0 Å². The average molecular weight is 346 g/mol. The van der Waals surface area contributed by atoms with Crippen LogP contribution in [0.4, 0.5) is 4.79 Å². The van der Waals surface area contributed by atoms with Gasteiger partial charge in [-0.15, -0.1) is 0 Å². The van der Waals surface area contributed by atoms with Crippen LogP contribution in [0.15, 0.2) is 30.3 Å². The normalized spacial score (nSPS) is 26.0. The molecule has 1 N–H and O–H groups in total. The molecule has 1 amide bonds. The van der Waals surface area contributed by atoms with Crippen LogP contribution in [0.5, 0.6) is 0 Å². The van der Waals surface area contributed by atoms with Crippen molar-refractivity contribution in [2.45, 2.75) is 63.8 Å². The molecule has 0 bridgehead atoms. The third kappa shape index (κ3) is 4.53. The highest BCUT2D eigenvalue weighted by Gasteiger charge is 2.40. The number of hydrogen-bond acceptors (Lipinski definition) is 4. The standard InChI is InChI=1S/C20H30N2O3/c1-19(2,3)25-18(23)22-11-10-16(21-20(4)13-24-14-20)12-17(22)15-8-6-5-7-9-15/h5-9,16-17,21H,10-14H2,1-4H3/t16?,17-/m0/s1. The Morgan fingerprint density at radius 1 is 1.28 bits per heavy atom. The van der Waals surface area contributed by atoms with E-state index in [4.69, 9.17) is 9.47 Å². The summed E-state index contributed by atoms with van der Waals surface area (Å²) >= 11 is 0. The lowest BCUT2D eigenvalue weighted by atomic mass is 9.89. The summed E-state index contributed by atoms with van der Waals surface area (Å²) in [6.45, 7) is 10.2. The third-order valence-electron chi connectivity index (χ3n) is 4.81. The fraction of sp³-hybridized carbons (Fsp3) is 0.650. The molecule has 1 aromatic carbocycles. The van der Waals surface area contributed by atoms with E-state index in [9.17, 15) is 4.79 Å². The van der Waals surface area contributed by atoms with Crippen LogP contribution in [0.2, 0.25) is 0 Å². The van der Waals surface area contributed by atoms with Crippen molar-refractivity contribution in [3.05, 3.63) is 35.9 Å². The maximum absolute atomic E-state index is 12.7. The van der Waals surface area contributed by atoms with Crippen LogP contribution in [0.3, 0.4) is 0 Å². The number of hydrogen-bond donors (Lipinski definition) is 1. The summed E-state index contributed by atoms with van der Waals surface area (Å²) in [5.74, 6) is 0. The molecule has 138 valence electrons. The predicted molar refractivity (Wildman–Crippen MR) is 97.5 cm³/mol. The Morgan fingerprint density at radius 3 is 2.52 bits per heavy atom. The summed E-state index contributed by atoms with van der Waals surface area (Å²) in [4.78, 5) is 14.6. The number of piperidine rings is 1. The molecule has 25 heavy (non-hydrogen) atoms. The van der Waals surface area contributed by atoms with Gasteiger partial charge in [0, 0.05) is 12.6 Å². The molecular formula is C20H30N2O3. The zero-order chi connectivity index (χ0) is 18.1. The summed E-state index contributed by atoms with van der Waals surface area (Å²) in [5, 5.41) is 3.74. The molecule has 2 saturated heterocycles. The van der Waals surface area contributed by atoms with E-state index < -0.39 is 5.60 Å². The molecule has 2 atom stereocenters. The third-order valence-corrected chi connectivity index (χ3v) is 4.81. The van der Waals surface area contributed by atoms with Crippen LogP contribution in [0.25, 0.3) is 0 Å². The Morgan fingerprint density at radius 2 is 1.96 bits per heavy atom. The number of ether oxygens (including phenoxy) is 2. The zero-order valence-electron chi connectivity index (χ0n) is 15.7.